The van der Waals surface area contributed by atoms with Crippen LogP contribution in [0.25, 0.3) is 5.69 Å². The van der Waals surface area contributed by atoms with E-state index in [0.717, 1.165) is 44.3 Å². The van der Waals surface area contributed by atoms with E-state index in [1.54, 1.807) is 7.11 Å². The molecule has 0 saturated carbocycles. The molecule has 0 amide bonds. The number of methoxy groups -OCH3 is 1. The number of anilines is 1. The molecule has 2 aliphatic heterocycles. The molecule has 0 unspecified atom stereocenters. The van der Waals surface area contributed by atoms with E-state index in [1.165, 1.54) is 31.6 Å². The largest absolute Gasteiger partial charge is 0.382 e. The minimum atomic E-state index is 0.417. The summed E-state index contributed by atoms with van der Waals surface area (Å²) in [6.07, 6.45) is 10.8. The summed E-state index contributed by atoms with van der Waals surface area (Å²) in [5, 5.41) is 0. The molecule has 0 aliphatic carbocycles. The molecule has 2 aliphatic rings. The number of benzene rings is 1. The third-order valence-electron chi connectivity index (χ3n) is 6.12. The van der Waals surface area contributed by atoms with Gasteiger partial charge in [-0.15, -0.1) is 0 Å². The van der Waals surface area contributed by atoms with Crippen molar-refractivity contribution in [3.05, 3.63) is 43.0 Å². The number of ether oxygens (including phenoxy) is 2. The number of rotatable bonds is 7. The van der Waals surface area contributed by atoms with Gasteiger partial charge in [-0.3, -0.25) is 0 Å². The fraction of sp³-hybridized carbons (Fsp3) is 0.591. The average molecular weight is 385 g/mol. The van der Waals surface area contributed by atoms with Gasteiger partial charge in [0.1, 0.15) is 0 Å². The van der Waals surface area contributed by atoms with Crippen LogP contribution in [0.1, 0.15) is 25.7 Å². The highest BCUT2D eigenvalue weighted by Gasteiger charge is 2.28. The molecule has 0 bridgehead atoms. The molecule has 1 aromatic carbocycles. The van der Waals surface area contributed by atoms with Crippen molar-refractivity contribution in [3.8, 4) is 5.69 Å². The van der Waals surface area contributed by atoms with E-state index in [0.29, 0.717) is 12.7 Å². The number of piperidine rings is 2. The van der Waals surface area contributed by atoms with Gasteiger partial charge in [0.15, 0.2) is 0 Å². The molecule has 152 valence electrons. The van der Waals surface area contributed by atoms with Crippen LogP contribution in [-0.4, -0.2) is 73.1 Å². The quantitative estimate of drug-likeness (QED) is 0.687. The molecule has 2 fully saturated rings. The second-order valence-electron chi connectivity index (χ2n) is 7.80. The van der Waals surface area contributed by atoms with Crippen molar-refractivity contribution in [2.75, 3.05) is 51.4 Å². The standard InChI is InChI=1S/C22H32N4O2/c1-27-16-17-28-22-8-13-25(14-9-22)21-6-11-24(12-7-21)19-2-4-20(5-3-19)26-15-10-23-18-26/h2-5,10,15,18,21-22H,6-9,11-14,16-17H2,1H3. The number of aromatic nitrogens is 2. The van der Waals surface area contributed by atoms with E-state index in [2.05, 4.69) is 39.0 Å². The van der Waals surface area contributed by atoms with Crippen LogP contribution in [0.15, 0.2) is 43.0 Å². The Morgan fingerprint density at radius 2 is 1.64 bits per heavy atom. The Balaban J connectivity index is 1.23. The minimum Gasteiger partial charge on any atom is -0.382 e. The van der Waals surface area contributed by atoms with E-state index in [4.69, 9.17) is 9.47 Å². The summed E-state index contributed by atoms with van der Waals surface area (Å²) in [4.78, 5) is 9.33. The van der Waals surface area contributed by atoms with Crippen molar-refractivity contribution >= 4 is 5.69 Å². The van der Waals surface area contributed by atoms with Gasteiger partial charge in [0.05, 0.1) is 25.6 Å². The first-order chi connectivity index (χ1) is 13.8. The fourth-order valence-electron chi connectivity index (χ4n) is 4.44. The molecule has 0 radical (unpaired) electrons. The van der Waals surface area contributed by atoms with E-state index < -0.39 is 0 Å². The molecular formula is C22H32N4O2. The summed E-state index contributed by atoms with van der Waals surface area (Å²) < 4.78 is 13.0. The highest BCUT2D eigenvalue weighted by molar-refractivity contribution is 5.51. The topological polar surface area (TPSA) is 42.8 Å². The van der Waals surface area contributed by atoms with Crippen molar-refractivity contribution in [2.24, 2.45) is 0 Å². The maximum Gasteiger partial charge on any atom is 0.0991 e. The monoisotopic (exact) mass is 384 g/mol. The zero-order chi connectivity index (χ0) is 19.2. The highest BCUT2D eigenvalue weighted by Crippen LogP contribution is 2.26. The Labute approximate surface area is 168 Å². The van der Waals surface area contributed by atoms with E-state index in [9.17, 15) is 0 Å². The van der Waals surface area contributed by atoms with Crippen molar-refractivity contribution in [1.29, 1.82) is 0 Å². The summed E-state index contributed by atoms with van der Waals surface area (Å²) >= 11 is 0. The van der Waals surface area contributed by atoms with Gasteiger partial charge < -0.3 is 23.8 Å². The van der Waals surface area contributed by atoms with Crippen LogP contribution in [0.2, 0.25) is 0 Å². The molecule has 0 N–H and O–H groups in total. The first kappa shape index (κ1) is 19.4. The molecule has 1 aromatic heterocycles. The van der Waals surface area contributed by atoms with Gasteiger partial charge in [-0.25, -0.2) is 4.98 Å². The normalized spacial score (nSPS) is 20.0. The van der Waals surface area contributed by atoms with Gasteiger partial charge in [-0.2, -0.15) is 0 Å². The van der Waals surface area contributed by atoms with Crippen LogP contribution in [0.4, 0.5) is 5.69 Å². The lowest BCUT2D eigenvalue weighted by atomic mass is 9.98. The van der Waals surface area contributed by atoms with Crippen LogP contribution in [0.3, 0.4) is 0 Å². The molecule has 28 heavy (non-hydrogen) atoms. The van der Waals surface area contributed by atoms with Crippen LogP contribution in [-0.2, 0) is 9.47 Å². The lowest BCUT2D eigenvalue weighted by Crippen LogP contribution is -2.48. The molecule has 0 spiro atoms. The molecule has 6 nitrogen and oxygen atoms in total. The van der Waals surface area contributed by atoms with Crippen LogP contribution >= 0.6 is 0 Å². The first-order valence-corrected chi connectivity index (χ1v) is 10.5. The predicted octanol–water partition coefficient (Wildman–Crippen LogP) is 2.97. The number of likely N-dealkylation sites (tertiary alicyclic amines) is 1. The van der Waals surface area contributed by atoms with E-state index in [1.807, 2.05) is 23.3 Å². The molecular weight excluding hydrogens is 352 g/mol. The summed E-state index contributed by atoms with van der Waals surface area (Å²) in [5.74, 6) is 0. The Hall–Kier alpha value is -1.89. The first-order valence-electron chi connectivity index (χ1n) is 10.5. The molecule has 3 heterocycles. The lowest BCUT2D eigenvalue weighted by Gasteiger charge is -2.42. The molecule has 4 rings (SSSR count). The smallest absolute Gasteiger partial charge is 0.0991 e. The Bertz CT molecular complexity index is 688. The molecule has 2 aromatic rings. The van der Waals surface area contributed by atoms with Crippen molar-refractivity contribution in [1.82, 2.24) is 14.5 Å². The number of imidazole rings is 1. The number of nitrogens with zero attached hydrogens (tertiary/aromatic N) is 4. The SMILES string of the molecule is COCCOC1CCN(C2CCN(c3ccc(-n4ccnc4)cc3)CC2)CC1. The number of hydrogen-bond donors (Lipinski definition) is 0. The van der Waals surface area contributed by atoms with Gasteiger partial charge in [-0.1, -0.05) is 0 Å². The van der Waals surface area contributed by atoms with Gasteiger partial charge in [0, 0.05) is 63.1 Å². The van der Waals surface area contributed by atoms with E-state index >= 15 is 0 Å². The van der Waals surface area contributed by atoms with Crippen molar-refractivity contribution in [3.63, 3.8) is 0 Å². The van der Waals surface area contributed by atoms with E-state index in [-0.39, 0.29) is 0 Å². The third kappa shape index (κ3) is 4.74. The summed E-state index contributed by atoms with van der Waals surface area (Å²) in [6, 6.07) is 9.55. The Kier molecular flexibility index (Phi) is 6.62. The van der Waals surface area contributed by atoms with Gasteiger partial charge >= 0.3 is 0 Å². The summed E-state index contributed by atoms with van der Waals surface area (Å²) in [7, 11) is 1.73. The van der Waals surface area contributed by atoms with Gasteiger partial charge in [0.2, 0.25) is 0 Å². The second-order valence-corrected chi connectivity index (χ2v) is 7.80. The zero-order valence-electron chi connectivity index (χ0n) is 16.9. The summed E-state index contributed by atoms with van der Waals surface area (Å²) in [5.41, 5.74) is 2.49. The minimum absolute atomic E-state index is 0.417. The Morgan fingerprint density at radius 1 is 0.929 bits per heavy atom. The van der Waals surface area contributed by atoms with Gasteiger partial charge in [-0.05, 0) is 49.9 Å². The van der Waals surface area contributed by atoms with Crippen LogP contribution in [0, 0.1) is 0 Å². The third-order valence-corrected chi connectivity index (χ3v) is 6.12. The highest BCUT2D eigenvalue weighted by atomic mass is 16.5. The fourth-order valence-corrected chi connectivity index (χ4v) is 4.44. The lowest BCUT2D eigenvalue weighted by molar-refractivity contribution is -0.0229. The van der Waals surface area contributed by atoms with Crippen molar-refractivity contribution < 1.29 is 9.47 Å². The maximum absolute atomic E-state index is 5.90. The average Bonchev–Trinajstić information content (AvgIpc) is 3.30. The molecule has 0 atom stereocenters. The van der Waals surface area contributed by atoms with Crippen molar-refractivity contribution in [2.45, 2.75) is 37.8 Å². The zero-order valence-corrected chi connectivity index (χ0v) is 16.9. The second kappa shape index (κ2) is 9.54. The van der Waals surface area contributed by atoms with Crippen LogP contribution in [0.5, 0.6) is 0 Å². The molecule has 6 heteroatoms. The van der Waals surface area contributed by atoms with Crippen LogP contribution < -0.4 is 4.90 Å². The predicted molar refractivity (Wildman–Crippen MR) is 111 cm³/mol. The van der Waals surface area contributed by atoms with Gasteiger partial charge in [0.25, 0.3) is 0 Å². The summed E-state index contributed by atoms with van der Waals surface area (Å²) in [6.45, 7) is 6.03. The Morgan fingerprint density at radius 3 is 2.29 bits per heavy atom. The maximum atomic E-state index is 5.90. The molecule has 2 saturated heterocycles. The number of hydrogen-bond acceptors (Lipinski definition) is 5.